The molecule has 0 aliphatic heterocycles. The summed E-state index contributed by atoms with van der Waals surface area (Å²) in [5.41, 5.74) is 2.06. The third-order valence-corrected chi connectivity index (χ3v) is 4.09. The molecule has 3 aromatic rings. The molecule has 0 aliphatic carbocycles. The molecule has 2 aromatic carbocycles. The number of ether oxygens (including phenoxy) is 1. The highest BCUT2D eigenvalue weighted by Crippen LogP contribution is 2.30. The number of benzene rings is 2. The van der Waals surface area contributed by atoms with Crippen LogP contribution in [0.5, 0.6) is 5.75 Å². The third kappa shape index (κ3) is 4.30. The molecular formula is C19H15NO4S. The summed E-state index contributed by atoms with van der Waals surface area (Å²) in [6, 6.07) is 14.4. The number of hydrogen-bond acceptors (Lipinski definition) is 5. The molecule has 1 heterocycles. The van der Waals surface area contributed by atoms with Gasteiger partial charge < -0.3 is 14.3 Å². The molecule has 0 radical (unpaired) electrons. The molecule has 0 bridgehead atoms. The van der Waals surface area contributed by atoms with Crippen molar-refractivity contribution in [3.05, 3.63) is 71.7 Å². The van der Waals surface area contributed by atoms with Crippen LogP contribution in [0.1, 0.15) is 5.56 Å². The van der Waals surface area contributed by atoms with Crippen molar-refractivity contribution in [2.75, 3.05) is 6.61 Å². The number of para-hydroxylation sites is 2. The molecule has 0 fully saturated rings. The van der Waals surface area contributed by atoms with Crippen LogP contribution in [0.3, 0.4) is 0 Å². The van der Waals surface area contributed by atoms with Crippen molar-refractivity contribution in [1.29, 1.82) is 0 Å². The van der Waals surface area contributed by atoms with Gasteiger partial charge in [0.05, 0.1) is 0 Å². The zero-order valence-corrected chi connectivity index (χ0v) is 14.0. The average molecular weight is 353 g/mol. The smallest absolute Gasteiger partial charge is 0.342 e. The summed E-state index contributed by atoms with van der Waals surface area (Å²) < 4.78 is 11.0. The highest BCUT2D eigenvalue weighted by atomic mass is 32.2. The van der Waals surface area contributed by atoms with Crippen LogP contribution in [0.4, 0.5) is 0 Å². The summed E-state index contributed by atoms with van der Waals surface area (Å²) >= 11 is 0.975. The number of rotatable bonds is 7. The van der Waals surface area contributed by atoms with Crippen LogP contribution in [-0.4, -0.2) is 22.7 Å². The van der Waals surface area contributed by atoms with Crippen molar-refractivity contribution in [3.63, 3.8) is 0 Å². The number of carboxylic acid groups (broad SMARTS) is 1. The minimum atomic E-state index is -1.04. The Morgan fingerprint density at radius 2 is 2.00 bits per heavy atom. The van der Waals surface area contributed by atoms with Gasteiger partial charge in [-0.3, -0.25) is 0 Å². The summed E-state index contributed by atoms with van der Waals surface area (Å²) in [7, 11) is 0. The zero-order valence-electron chi connectivity index (χ0n) is 13.2. The number of carboxylic acids is 1. The van der Waals surface area contributed by atoms with E-state index < -0.39 is 5.97 Å². The van der Waals surface area contributed by atoms with E-state index in [1.54, 1.807) is 42.5 Å². The van der Waals surface area contributed by atoms with E-state index in [1.165, 1.54) is 0 Å². The Morgan fingerprint density at radius 3 is 2.68 bits per heavy atom. The molecule has 1 N–H and O–H groups in total. The molecule has 0 aliphatic rings. The van der Waals surface area contributed by atoms with E-state index >= 15 is 0 Å². The number of hydrogen-bond donors (Lipinski definition) is 1. The van der Waals surface area contributed by atoms with Gasteiger partial charge in [0.1, 0.15) is 22.8 Å². The Labute approximate surface area is 148 Å². The summed E-state index contributed by atoms with van der Waals surface area (Å²) in [5, 5.41) is 9.74. The van der Waals surface area contributed by atoms with Gasteiger partial charge in [0.2, 0.25) is 0 Å². The van der Waals surface area contributed by atoms with Crippen LogP contribution < -0.4 is 4.74 Å². The number of aliphatic carboxylic acids is 1. The Hall–Kier alpha value is -2.99. The first kappa shape index (κ1) is 16.9. The molecule has 0 spiro atoms. The first-order valence-corrected chi connectivity index (χ1v) is 8.29. The normalized spacial score (nSPS) is 11.4. The van der Waals surface area contributed by atoms with Crippen molar-refractivity contribution >= 4 is 34.9 Å². The minimum absolute atomic E-state index is 0.117. The number of carbonyl (C=O) groups is 1. The van der Waals surface area contributed by atoms with Gasteiger partial charge >= 0.3 is 5.97 Å². The van der Waals surface area contributed by atoms with Crippen molar-refractivity contribution < 1.29 is 19.1 Å². The van der Waals surface area contributed by atoms with Crippen LogP contribution in [0.15, 0.2) is 75.7 Å². The van der Waals surface area contributed by atoms with Crippen LogP contribution in [-0.2, 0) is 4.79 Å². The molecule has 126 valence electrons. The van der Waals surface area contributed by atoms with Crippen molar-refractivity contribution in [1.82, 2.24) is 4.98 Å². The van der Waals surface area contributed by atoms with E-state index in [0.717, 1.165) is 17.3 Å². The topological polar surface area (TPSA) is 72.6 Å². The first-order valence-electron chi connectivity index (χ1n) is 7.48. The summed E-state index contributed by atoms with van der Waals surface area (Å²) in [5.74, 6) is -0.347. The molecular weight excluding hydrogens is 338 g/mol. The molecule has 3 rings (SSSR count). The van der Waals surface area contributed by atoms with Gasteiger partial charge in [-0.15, -0.1) is 0 Å². The van der Waals surface area contributed by atoms with E-state index in [4.69, 9.17) is 9.15 Å². The molecule has 0 saturated carbocycles. The molecule has 25 heavy (non-hydrogen) atoms. The van der Waals surface area contributed by atoms with Crippen molar-refractivity contribution in [3.8, 4) is 5.75 Å². The van der Waals surface area contributed by atoms with E-state index in [2.05, 4.69) is 11.6 Å². The van der Waals surface area contributed by atoms with E-state index in [1.807, 2.05) is 18.2 Å². The van der Waals surface area contributed by atoms with E-state index in [9.17, 15) is 9.90 Å². The second kappa shape index (κ2) is 7.72. The monoisotopic (exact) mass is 353 g/mol. The predicted molar refractivity (Wildman–Crippen MR) is 97.6 cm³/mol. The maximum atomic E-state index is 11.5. The number of thioether (sulfide) groups is 1. The second-order valence-corrected chi connectivity index (χ2v) is 6.03. The van der Waals surface area contributed by atoms with Crippen molar-refractivity contribution in [2.45, 2.75) is 5.22 Å². The van der Waals surface area contributed by atoms with Gasteiger partial charge in [-0.05, 0) is 47.7 Å². The van der Waals surface area contributed by atoms with E-state index in [0.29, 0.717) is 28.7 Å². The summed E-state index contributed by atoms with van der Waals surface area (Å²) in [6.45, 7) is 4.01. The quantitative estimate of drug-likeness (QED) is 0.380. The molecule has 0 amide bonds. The molecule has 0 atom stereocenters. The lowest BCUT2D eigenvalue weighted by molar-refractivity contribution is -0.131. The maximum absolute atomic E-state index is 11.5. The van der Waals surface area contributed by atoms with Gasteiger partial charge in [0.15, 0.2) is 5.58 Å². The average Bonchev–Trinajstić information content (AvgIpc) is 3.03. The van der Waals surface area contributed by atoms with Gasteiger partial charge in [-0.25, -0.2) is 9.78 Å². The van der Waals surface area contributed by atoms with Crippen LogP contribution in [0.25, 0.3) is 17.2 Å². The molecule has 5 nitrogen and oxygen atoms in total. The van der Waals surface area contributed by atoms with Gasteiger partial charge in [0, 0.05) is 0 Å². The Morgan fingerprint density at radius 1 is 1.24 bits per heavy atom. The Kier molecular flexibility index (Phi) is 5.20. The molecule has 0 unspecified atom stereocenters. The standard InChI is InChI=1S/C19H15NO4S/c1-2-11-23-14-9-7-13(8-10-14)12-17(18(21)22)25-19-20-15-5-3-4-6-16(15)24-19/h2-10,12H,1,11H2,(H,21,22)/b17-12-. The molecule has 1 aromatic heterocycles. The van der Waals surface area contributed by atoms with Crippen LogP contribution >= 0.6 is 11.8 Å². The van der Waals surface area contributed by atoms with Gasteiger partial charge in [-0.2, -0.15) is 0 Å². The fraction of sp³-hybridized carbons (Fsp3) is 0.0526. The van der Waals surface area contributed by atoms with Gasteiger partial charge in [-0.1, -0.05) is 36.9 Å². The Bertz CT molecular complexity index is 895. The predicted octanol–water partition coefficient (Wildman–Crippen LogP) is 4.61. The SMILES string of the molecule is C=CCOc1ccc(/C=C(\Sc2nc3ccccc3o2)C(=O)O)cc1. The van der Waals surface area contributed by atoms with E-state index in [-0.39, 0.29) is 4.91 Å². The summed E-state index contributed by atoms with van der Waals surface area (Å²) in [4.78, 5) is 15.9. The lowest BCUT2D eigenvalue weighted by Crippen LogP contribution is -1.97. The number of oxazole rings is 1. The lowest BCUT2D eigenvalue weighted by atomic mass is 10.2. The molecule has 0 saturated heterocycles. The first-order chi connectivity index (χ1) is 12.2. The third-order valence-electron chi connectivity index (χ3n) is 3.23. The highest BCUT2D eigenvalue weighted by Gasteiger charge is 2.14. The maximum Gasteiger partial charge on any atom is 0.342 e. The highest BCUT2D eigenvalue weighted by molar-refractivity contribution is 8.03. The zero-order chi connectivity index (χ0) is 17.6. The number of nitrogens with zero attached hydrogens (tertiary/aromatic N) is 1. The fourth-order valence-electron chi connectivity index (χ4n) is 2.09. The van der Waals surface area contributed by atoms with Crippen molar-refractivity contribution in [2.24, 2.45) is 0 Å². The second-order valence-electron chi connectivity index (χ2n) is 5.03. The van der Waals surface area contributed by atoms with Crippen LogP contribution in [0.2, 0.25) is 0 Å². The Balaban J connectivity index is 1.81. The fourth-order valence-corrected chi connectivity index (χ4v) is 2.84. The minimum Gasteiger partial charge on any atom is -0.490 e. The van der Waals surface area contributed by atoms with Crippen LogP contribution in [0, 0.1) is 0 Å². The number of fused-ring (bicyclic) bond motifs is 1. The lowest BCUT2D eigenvalue weighted by Gasteiger charge is -2.03. The largest absolute Gasteiger partial charge is 0.490 e. The summed E-state index contributed by atoms with van der Waals surface area (Å²) in [6.07, 6.45) is 3.23. The van der Waals surface area contributed by atoms with Gasteiger partial charge in [0.25, 0.3) is 5.22 Å². The number of aromatic nitrogens is 1. The molecule has 6 heteroatoms.